The van der Waals surface area contributed by atoms with E-state index in [1.54, 1.807) is 6.07 Å². The maximum absolute atomic E-state index is 11.0. The van der Waals surface area contributed by atoms with Crippen molar-refractivity contribution in [2.45, 2.75) is 32.6 Å². The number of carbonyl (C=O) groups is 1. The van der Waals surface area contributed by atoms with Crippen LogP contribution in [-0.4, -0.2) is 17.7 Å². The van der Waals surface area contributed by atoms with Gasteiger partial charge in [-0.15, -0.1) is 0 Å². The third kappa shape index (κ3) is 5.61. The number of carboxylic acid groups (broad SMARTS) is 1. The summed E-state index contributed by atoms with van der Waals surface area (Å²) in [5.74, 6) is -0.139. The first kappa shape index (κ1) is 17.4. The van der Waals surface area contributed by atoms with E-state index in [9.17, 15) is 4.79 Å². The van der Waals surface area contributed by atoms with E-state index in [0.717, 1.165) is 36.0 Å². The molecule has 0 saturated carbocycles. The molecule has 122 valence electrons. The van der Waals surface area contributed by atoms with Gasteiger partial charge in [0, 0.05) is 5.02 Å². The topological polar surface area (TPSA) is 46.5 Å². The molecule has 0 bridgehead atoms. The van der Waals surface area contributed by atoms with Crippen LogP contribution in [0.25, 0.3) is 11.1 Å². The Labute approximate surface area is 141 Å². The standard InChI is InChI=1S/C19H21ClO3/c1-2-3-4-9-23-18-11-14(12-19(21)22)10-16(13-18)15-5-7-17(20)8-6-15/h5-8,10-11,13H,2-4,9,12H2,1H3,(H,21,22). The molecule has 0 fully saturated rings. The Morgan fingerprint density at radius 3 is 2.48 bits per heavy atom. The number of unbranched alkanes of at least 4 members (excludes halogenated alkanes) is 2. The summed E-state index contributed by atoms with van der Waals surface area (Å²) >= 11 is 5.93. The van der Waals surface area contributed by atoms with Crippen molar-refractivity contribution in [2.24, 2.45) is 0 Å². The van der Waals surface area contributed by atoms with Gasteiger partial charge in [0.1, 0.15) is 5.75 Å². The second-order valence-corrected chi connectivity index (χ2v) is 5.94. The molecule has 0 saturated heterocycles. The molecule has 0 heterocycles. The summed E-state index contributed by atoms with van der Waals surface area (Å²) in [6.07, 6.45) is 3.24. The first-order valence-corrected chi connectivity index (χ1v) is 8.21. The molecule has 3 nitrogen and oxygen atoms in total. The smallest absolute Gasteiger partial charge is 0.307 e. The van der Waals surface area contributed by atoms with Crippen molar-refractivity contribution in [3.8, 4) is 16.9 Å². The van der Waals surface area contributed by atoms with E-state index in [1.807, 2.05) is 36.4 Å². The molecule has 0 aliphatic heterocycles. The Balaban J connectivity index is 2.25. The number of benzene rings is 2. The van der Waals surface area contributed by atoms with Gasteiger partial charge in [0.2, 0.25) is 0 Å². The zero-order valence-corrected chi connectivity index (χ0v) is 14.0. The van der Waals surface area contributed by atoms with Crippen molar-refractivity contribution in [2.75, 3.05) is 6.61 Å². The third-order valence-electron chi connectivity index (χ3n) is 3.52. The van der Waals surface area contributed by atoms with E-state index in [2.05, 4.69) is 6.92 Å². The summed E-state index contributed by atoms with van der Waals surface area (Å²) in [7, 11) is 0. The molecular formula is C19H21ClO3. The van der Waals surface area contributed by atoms with E-state index in [4.69, 9.17) is 21.4 Å². The van der Waals surface area contributed by atoms with Crippen LogP contribution in [0.15, 0.2) is 42.5 Å². The first-order chi connectivity index (χ1) is 11.1. The van der Waals surface area contributed by atoms with Crippen LogP contribution in [0.2, 0.25) is 5.02 Å². The van der Waals surface area contributed by atoms with Crippen LogP contribution >= 0.6 is 11.6 Å². The van der Waals surface area contributed by atoms with Crippen molar-refractivity contribution in [3.63, 3.8) is 0 Å². The molecule has 0 amide bonds. The second-order valence-electron chi connectivity index (χ2n) is 5.50. The minimum absolute atomic E-state index is 0.0211. The molecule has 2 aromatic rings. The largest absolute Gasteiger partial charge is 0.494 e. The SMILES string of the molecule is CCCCCOc1cc(CC(=O)O)cc(-c2ccc(Cl)cc2)c1. The molecule has 0 spiro atoms. The van der Waals surface area contributed by atoms with Gasteiger partial charge >= 0.3 is 5.97 Å². The fourth-order valence-corrected chi connectivity index (χ4v) is 2.50. The van der Waals surface area contributed by atoms with Crippen LogP contribution in [0.3, 0.4) is 0 Å². The maximum Gasteiger partial charge on any atom is 0.307 e. The minimum atomic E-state index is -0.852. The Kier molecular flexibility index (Phi) is 6.48. The lowest BCUT2D eigenvalue weighted by Gasteiger charge is -2.11. The number of rotatable bonds is 8. The predicted octanol–water partition coefficient (Wildman–Crippen LogP) is 5.20. The summed E-state index contributed by atoms with van der Waals surface area (Å²) in [5, 5.41) is 9.72. The van der Waals surface area contributed by atoms with Gasteiger partial charge in [0.25, 0.3) is 0 Å². The molecule has 0 aliphatic rings. The first-order valence-electron chi connectivity index (χ1n) is 7.83. The van der Waals surface area contributed by atoms with Gasteiger partial charge in [0.05, 0.1) is 13.0 Å². The summed E-state index contributed by atoms with van der Waals surface area (Å²) in [6, 6.07) is 13.1. The molecule has 0 radical (unpaired) electrons. The summed E-state index contributed by atoms with van der Waals surface area (Å²) in [5.41, 5.74) is 2.65. The highest BCUT2D eigenvalue weighted by Gasteiger charge is 2.08. The fourth-order valence-electron chi connectivity index (χ4n) is 2.37. The maximum atomic E-state index is 11.0. The lowest BCUT2D eigenvalue weighted by atomic mass is 10.0. The number of hydrogen-bond donors (Lipinski definition) is 1. The van der Waals surface area contributed by atoms with Gasteiger partial charge in [-0.2, -0.15) is 0 Å². The highest BCUT2D eigenvalue weighted by Crippen LogP contribution is 2.28. The molecule has 0 aromatic heterocycles. The van der Waals surface area contributed by atoms with Crippen LogP contribution in [0, 0.1) is 0 Å². The van der Waals surface area contributed by atoms with Crippen LogP contribution in [0.1, 0.15) is 31.7 Å². The average molecular weight is 333 g/mol. The van der Waals surface area contributed by atoms with Crippen molar-refractivity contribution < 1.29 is 14.6 Å². The predicted molar refractivity (Wildman–Crippen MR) is 93.2 cm³/mol. The third-order valence-corrected chi connectivity index (χ3v) is 3.77. The van der Waals surface area contributed by atoms with Crippen LogP contribution < -0.4 is 4.74 Å². The van der Waals surface area contributed by atoms with E-state index in [1.165, 1.54) is 0 Å². The molecule has 0 aliphatic carbocycles. The van der Waals surface area contributed by atoms with Crippen molar-refractivity contribution in [1.29, 1.82) is 0 Å². The normalized spacial score (nSPS) is 10.5. The van der Waals surface area contributed by atoms with Crippen LogP contribution in [0.5, 0.6) is 5.75 Å². The van der Waals surface area contributed by atoms with E-state index >= 15 is 0 Å². The van der Waals surface area contributed by atoms with Crippen molar-refractivity contribution in [1.82, 2.24) is 0 Å². The molecular weight excluding hydrogens is 312 g/mol. The number of halogens is 1. The Morgan fingerprint density at radius 2 is 1.83 bits per heavy atom. The fraction of sp³-hybridized carbons (Fsp3) is 0.316. The molecule has 0 unspecified atom stereocenters. The zero-order valence-electron chi connectivity index (χ0n) is 13.2. The minimum Gasteiger partial charge on any atom is -0.494 e. The average Bonchev–Trinajstić information content (AvgIpc) is 2.51. The lowest BCUT2D eigenvalue weighted by Crippen LogP contribution is -2.02. The highest BCUT2D eigenvalue weighted by atomic mass is 35.5. The van der Waals surface area contributed by atoms with Crippen molar-refractivity contribution in [3.05, 3.63) is 53.1 Å². The quantitative estimate of drug-likeness (QED) is 0.675. The Hall–Kier alpha value is -2.00. The molecule has 0 atom stereocenters. The van der Waals surface area contributed by atoms with E-state index in [0.29, 0.717) is 17.4 Å². The molecule has 1 N–H and O–H groups in total. The van der Waals surface area contributed by atoms with E-state index in [-0.39, 0.29) is 6.42 Å². The molecule has 23 heavy (non-hydrogen) atoms. The lowest BCUT2D eigenvalue weighted by molar-refractivity contribution is -0.136. The number of carboxylic acids is 1. The Morgan fingerprint density at radius 1 is 1.09 bits per heavy atom. The summed E-state index contributed by atoms with van der Waals surface area (Å²) in [4.78, 5) is 11.0. The highest BCUT2D eigenvalue weighted by molar-refractivity contribution is 6.30. The van der Waals surface area contributed by atoms with Gasteiger partial charge in [-0.05, 0) is 47.4 Å². The molecule has 2 rings (SSSR count). The summed E-state index contributed by atoms with van der Waals surface area (Å²) < 4.78 is 5.80. The number of aliphatic carboxylic acids is 1. The van der Waals surface area contributed by atoms with Gasteiger partial charge < -0.3 is 9.84 Å². The van der Waals surface area contributed by atoms with Crippen LogP contribution in [-0.2, 0) is 11.2 Å². The van der Waals surface area contributed by atoms with Gasteiger partial charge in [-0.3, -0.25) is 4.79 Å². The molecule has 4 heteroatoms. The molecule has 2 aromatic carbocycles. The Bertz CT molecular complexity index is 650. The number of hydrogen-bond acceptors (Lipinski definition) is 2. The van der Waals surface area contributed by atoms with Gasteiger partial charge in [0.15, 0.2) is 0 Å². The summed E-state index contributed by atoms with van der Waals surface area (Å²) in [6.45, 7) is 2.79. The van der Waals surface area contributed by atoms with Crippen LogP contribution in [0.4, 0.5) is 0 Å². The van der Waals surface area contributed by atoms with Gasteiger partial charge in [-0.25, -0.2) is 0 Å². The van der Waals surface area contributed by atoms with Crippen molar-refractivity contribution >= 4 is 17.6 Å². The van der Waals surface area contributed by atoms with E-state index < -0.39 is 5.97 Å². The second kappa shape index (κ2) is 8.59. The van der Waals surface area contributed by atoms with Gasteiger partial charge in [-0.1, -0.05) is 49.6 Å². The monoisotopic (exact) mass is 332 g/mol. The number of ether oxygens (including phenoxy) is 1. The zero-order chi connectivity index (χ0) is 16.7.